The van der Waals surface area contributed by atoms with Crippen molar-refractivity contribution in [1.82, 2.24) is 4.90 Å². The van der Waals surface area contributed by atoms with Crippen molar-refractivity contribution in [2.75, 3.05) is 7.05 Å². The summed E-state index contributed by atoms with van der Waals surface area (Å²) in [6.45, 7) is 0.691. The van der Waals surface area contributed by atoms with E-state index in [4.69, 9.17) is 23.2 Å². The topological polar surface area (TPSA) is 23.5 Å². The van der Waals surface area contributed by atoms with Crippen LogP contribution in [0.15, 0.2) is 12.1 Å². The number of aromatic hydroxyl groups is 1. The van der Waals surface area contributed by atoms with Gasteiger partial charge in [-0.3, -0.25) is 4.90 Å². The highest BCUT2D eigenvalue weighted by atomic mass is 35.5. The fourth-order valence-electron chi connectivity index (χ4n) is 2.66. The van der Waals surface area contributed by atoms with Crippen molar-refractivity contribution < 1.29 is 5.11 Å². The molecule has 1 N–H and O–H groups in total. The molecule has 0 spiro atoms. The van der Waals surface area contributed by atoms with Gasteiger partial charge in [-0.05, 0) is 32.0 Å². The van der Waals surface area contributed by atoms with E-state index >= 15 is 0 Å². The summed E-state index contributed by atoms with van der Waals surface area (Å²) >= 11 is 11.9. The van der Waals surface area contributed by atoms with Crippen LogP contribution in [0.2, 0.25) is 10.0 Å². The van der Waals surface area contributed by atoms with Gasteiger partial charge in [-0.2, -0.15) is 0 Å². The number of halogens is 2. The van der Waals surface area contributed by atoms with Gasteiger partial charge in [-0.1, -0.05) is 42.5 Å². The lowest BCUT2D eigenvalue weighted by molar-refractivity contribution is 0.183. The van der Waals surface area contributed by atoms with E-state index in [2.05, 4.69) is 11.9 Å². The quantitative estimate of drug-likeness (QED) is 0.887. The Morgan fingerprint density at radius 2 is 1.89 bits per heavy atom. The van der Waals surface area contributed by atoms with E-state index in [1.807, 2.05) is 0 Å². The highest BCUT2D eigenvalue weighted by Gasteiger charge is 2.19. The summed E-state index contributed by atoms with van der Waals surface area (Å²) < 4.78 is 0. The average molecular weight is 288 g/mol. The minimum Gasteiger partial charge on any atom is -0.506 e. The van der Waals surface area contributed by atoms with E-state index in [0.717, 1.165) is 5.56 Å². The molecule has 1 aliphatic rings. The molecule has 0 radical (unpaired) electrons. The van der Waals surface area contributed by atoms with Crippen LogP contribution in [-0.2, 0) is 6.54 Å². The first-order valence-electron chi connectivity index (χ1n) is 6.45. The highest BCUT2D eigenvalue weighted by Crippen LogP contribution is 2.33. The number of phenolic OH excluding ortho intramolecular Hbond substituents is 1. The van der Waals surface area contributed by atoms with Gasteiger partial charge in [0.25, 0.3) is 0 Å². The fourth-order valence-corrected chi connectivity index (χ4v) is 3.19. The molecule has 1 aromatic rings. The Balaban J connectivity index is 2.08. The van der Waals surface area contributed by atoms with Gasteiger partial charge in [0.1, 0.15) is 5.75 Å². The molecule has 1 aliphatic carbocycles. The van der Waals surface area contributed by atoms with Crippen LogP contribution in [0, 0.1) is 0 Å². The van der Waals surface area contributed by atoms with E-state index in [1.54, 1.807) is 12.1 Å². The van der Waals surface area contributed by atoms with Gasteiger partial charge in [0, 0.05) is 23.2 Å². The molecule has 0 unspecified atom stereocenters. The summed E-state index contributed by atoms with van der Waals surface area (Å²) in [6, 6.07) is 3.97. The van der Waals surface area contributed by atoms with Crippen molar-refractivity contribution >= 4 is 23.2 Å². The van der Waals surface area contributed by atoms with Crippen molar-refractivity contribution in [3.05, 3.63) is 27.7 Å². The summed E-state index contributed by atoms with van der Waals surface area (Å²) in [7, 11) is 2.10. The molecule has 0 heterocycles. The molecule has 18 heavy (non-hydrogen) atoms. The van der Waals surface area contributed by atoms with Gasteiger partial charge in [0.05, 0.1) is 5.02 Å². The number of nitrogens with zero attached hydrogens (tertiary/aromatic N) is 1. The first-order chi connectivity index (χ1) is 8.58. The van der Waals surface area contributed by atoms with Crippen molar-refractivity contribution in [1.29, 1.82) is 0 Å². The van der Waals surface area contributed by atoms with E-state index in [9.17, 15) is 5.11 Å². The largest absolute Gasteiger partial charge is 0.506 e. The fraction of sp³-hybridized carbons (Fsp3) is 0.571. The van der Waals surface area contributed by atoms with Crippen LogP contribution in [0.1, 0.15) is 37.7 Å². The molecule has 0 bridgehead atoms. The smallest absolute Gasteiger partial charge is 0.138 e. The molecule has 0 aliphatic heterocycles. The maximum absolute atomic E-state index is 9.95. The number of hydrogen-bond acceptors (Lipinski definition) is 2. The summed E-state index contributed by atoms with van der Waals surface area (Å²) in [4.78, 5) is 2.29. The number of phenols is 1. The Hall–Kier alpha value is -0.440. The Labute approximate surface area is 119 Å². The lowest BCUT2D eigenvalue weighted by Crippen LogP contribution is -2.32. The van der Waals surface area contributed by atoms with Gasteiger partial charge in [-0.15, -0.1) is 0 Å². The third-order valence-corrected chi connectivity index (χ3v) is 4.23. The summed E-state index contributed by atoms with van der Waals surface area (Å²) in [5.41, 5.74) is 0.806. The molecule has 1 fully saturated rings. The lowest BCUT2D eigenvalue weighted by atomic mass is 9.94. The maximum atomic E-state index is 9.95. The molecular weight excluding hydrogens is 269 g/mol. The monoisotopic (exact) mass is 287 g/mol. The zero-order valence-corrected chi connectivity index (χ0v) is 12.1. The number of rotatable bonds is 3. The van der Waals surface area contributed by atoms with E-state index in [-0.39, 0.29) is 5.75 Å². The van der Waals surface area contributed by atoms with E-state index < -0.39 is 0 Å². The Kier molecular flexibility index (Phi) is 4.77. The van der Waals surface area contributed by atoms with Crippen LogP contribution in [0.3, 0.4) is 0 Å². The second kappa shape index (κ2) is 6.14. The van der Waals surface area contributed by atoms with Crippen LogP contribution in [0.25, 0.3) is 0 Å². The van der Waals surface area contributed by atoms with Crippen LogP contribution in [0.4, 0.5) is 0 Å². The SMILES string of the molecule is CN(Cc1cc(Cl)cc(Cl)c1O)C1CCCCC1. The predicted molar refractivity (Wildman–Crippen MR) is 76.5 cm³/mol. The van der Waals surface area contributed by atoms with Crippen LogP contribution in [0.5, 0.6) is 5.75 Å². The first-order valence-corrected chi connectivity index (χ1v) is 7.20. The van der Waals surface area contributed by atoms with Crippen molar-refractivity contribution in [2.24, 2.45) is 0 Å². The van der Waals surface area contributed by atoms with Crippen molar-refractivity contribution in [3.63, 3.8) is 0 Å². The third-order valence-electron chi connectivity index (χ3n) is 3.72. The van der Waals surface area contributed by atoms with Gasteiger partial charge in [0.2, 0.25) is 0 Å². The summed E-state index contributed by atoms with van der Waals surface area (Å²) in [5, 5.41) is 10.9. The van der Waals surface area contributed by atoms with Gasteiger partial charge >= 0.3 is 0 Å². The molecule has 0 atom stereocenters. The second-order valence-electron chi connectivity index (χ2n) is 5.10. The maximum Gasteiger partial charge on any atom is 0.138 e. The van der Waals surface area contributed by atoms with Gasteiger partial charge < -0.3 is 5.11 Å². The minimum atomic E-state index is 0.156. The molecule has 0 aromatic heterocycles. The van der Waals surface area contributed by atoms with E-state index in [1.165, 1.54) is 32.1 Å². The normalized spacial score (nSPS) is 17.3. The molecule has 2 nitrogen and oxygen atoms in total. The highest BCUT2D eigenvalue weighted by molar-refractivity contribution is 6.35. The van der Waals surface area contributed by atoms with Crippen LogP contribution >= 0.6 is 23.2 Å². The van der Waals surface area contributed by atoms with Crippen molar-refractivity contribution in [3.8, 4) is 5.75 Å². The van der Waals surface area contributed by atoms with Crippen LogP contribution < -0.4 is 0 Å². The Morgan fingerprint density at radius 3 is 2.56 bits per heavy atom. The van der Waals surface area contributed by atoms with Gasteiger partial charge in [-0.25, -0.2) is 0 Å². The lowest BCUT2D eigenvalue weighted by Gasteiger charge is -2.31. The molecule has 2 rings (SSSR count). The first kappa shape index (κ1) is 14.0. The minimum absolute atomic E-state index is 0.156. The molecular formula is C14H19Cl2NO. The predicted octanol–water partition coefficient (Wildman–Crippen LogP) is 4.46. The molecule has 1 aromatic carbocycles. The van der Waals surface area contributed by atoms with E-state index in [0.29, 0.717) is 22.6 Å². The van der Waals surface area contributed by atoms with Gasteiger partial charge in [0.15, 0.2) is 0 Å². The molecule has 0 saturated heterocycles. The summed E-state index contributed by atoms with van der Waals surface area (Å²) in [6.07, 6.45) is 6.43. The Bertz CT molecular complexity index is 417. The number of hydrogen-bond donors (Lipinski definition) is 1. The number of benzene rings is 1. The molecule has 4 heteroatoms. The molecule has 0 amide bonds. The summed E-state index contributed by atoms with van der Waals surface area (Å²) in [5.74, 6) is 0.156. The third kappa shape index (κ3) is 3.31. The zero-order valence-electron chi connectivity index (χ0n) is 10.6. The van der Waals surface area contributed by atoms with Crippen LogP contribution in [-0.4, -0.2) is 23.1 Å². The average Bonchev–Trinajstić information content (AvgIpc) is 2.36. The standard InChI is InChI=1S/C14H19Cl2NO/c1-17(12-5-3-2-4-6-12)9-10-7-11(15)8-13(16)14(10)18/h7-8,12,18H,2-6,9H2,1H3. The molecule has 1 saturated carbocycles. The van der Waals surface area contributed by atoms with Crippen molar-refractivity contribution in [2.45, 2.75) is 44.7 Å². The zero-order chi connectivity index (χ0) is 13.1. The molecule has 100 valence electrons. The second-order valence-corrected chi connectivity index (χ2v) is 5.95. The Morgan fingerprint density at radius 1 is 1.22 bits per heavy atom.